The first-order valence-corrected chi connectivity index (χ1v) is 7.52. The van der Waals surface area contributed by atoms with E-state index in [0.29, 0.717) is 19.2 Å². The van der Waals surface area contributed by atoms with Crippen molar-refractivity contribution in [1.29, 1.82) is 0 Å². The maximum atomic E-state index is 6.01. The van der Waals surface area contributed by atoms with Crippen LogP contribution in [0.2, 0.25) is 0 Å². The van der Waals surface area contributed by atoms with E-state index in [-0.39, 0.29) is 6.04 Å². The molecule has 1 heterocycles. The van der Waals surface area contributed by atoms with E-state index < -0.39 is 0 Å². The predicted octanol–water partition coefficient (Wildman–Crippen LogP) is 2.58. The van der Waals surface area contributed by atoms with Crippen molar-refractivity contribution < 1.29 is 9.47 Å². The average molecular weight is 278 g/mol. The summed E-state index contributed by atoms with van der Waals surface area (Å²) in [5, 5.41) is 0. The van der Waals surface area contributed by atoms with Gasteiger partial charge in [0.15, 0.2) is 11.5 Å². The highest BCUT2D eigenvalue weighted by Gasteiger charge is 2.22. The molecule has 2 N–H and O–H groups in total. The van der Waals surface area contributed by atoms with Crippen molar-refractivity contribution in [3.05, 3.63) is 23.8 Å². The number of fused-ring (bicyclic) bond motifs is 1. The van der Waals surface area contributed by atoms with Gasteiger partial charge in [0, 0.05) is 25.0 Å². The van der Waals surface area contributed by atoms with E-state index in [9.17, 15) is 0 Å². The molecule has 0 spiro atoms. The number of nitrogens with two attached hydrogens (primary N) is 1. The largest absolute Gasteiger partial charge is 0.490 e. The molecule has 4 heteroatoms. The molecule has 4 nitrogen and oxygen atoms in total. The Morgan fingerprint density at radius 3 is 2.50 bits per heavy atom. The summed E-state index contributed by atoms with van der Waals surface area (Å²) in [4.78, 5) is 2.40. The first kappa shape index (κ1) is 15.1. The molecule has 0 saturated carbocycles. The van der Waals surface area contributed by atoms with Crippen LogP contribution in [0.5, 0.6) is 11.5 Å². The minimum atomic E-state index is 0.220. The lowest BCUT2D eigenvalue weighted by Gasteiger charge is -2.33. The molecular formula is C16H26N2O2. The van der Waals surface area contributed by atoms with Crippen LogP contribution in [0.25, 0.3) is 0 Å². The molecule has 1 aliphatic heterocycles. The van der Waals surface area contributed by atoms with E-state index in [2.05, 4.69) is 37.8 Å². The van der Waals surface area contributed by atoms with Gasteiger partial charge in [0.05, 0.1) is 13.2 Å². The topological polar surface area (TPSA) is 47.7 Å². The second kappa shape index (κ2) is 6.95. The molecule has 0 aliphatic carbocycles. The zero-order valence-corrected chi connectivity index (χ0v) is 12.8. The molecule has 0 bridgehead atoms. The van der Waals surface area contributed by atoms with Crippen molar-refractivity contribution in [3.63, 3.8) is 0 Å². The Kier molecular flexibility index (Phi) is 5.26. The maximum Gasteiger partial charge on any atom is 0.161 e. The van der Waals surface area contributed by atoms with Crippen LogP contribution in [0.3, 0.4) is 0 Å². The van der Waals surface area contributed by atoms with Gasteiger partial charge in [-0.1, -0.05) is 13.0 Å². The van der Waals surface area contributed by atoms with Gasteiger partial charge in [0.2, 0.25) is 0 Å². The van der Waals surface area contributed by atoms with E-state index in [1.807, 2.05) is 6.07 Å². The van der Waals surface area contributed by atoms with Crippen LogP contribution in [0.4, 0.5) is 0 Å². The van der Waals surface area contributed by atoms with Crippen LogP contribution in [0.1, 0.15) is 38.8 Å². The standard InChI is InChI=1S/C16H26N2O2/c1-4-18(12(2)3)14(11-17)13-6-7-15-16(10-13)20-9-5-8-19-15/h6-7,10,12,14H,4-5,8-9,11,17H2,1-3H3. The van der Waals surface area contributed by atoms with Gasteiger partial charge in [0.25, 0.3) is 0 Å². The predicted molar refractivity (Wildman–Crippen MR) is 81.4 cm³/mol. The fourth-order valence-electron chi connectivity index (χ4n) is 2.80. The zero-order chi connectivity index (χ0) is 14.5. The highest BCUT2D eigenvalue weighted by atomic mass is 16.5. The van der Waals surface area contributed by atoms with Crippen LogP contribution in [0, 0.1) is 0 Å². The number of likely N-dealkylation sites (N-methyl/N-ethyl adjacent to an activating group) is 1. The molecule has 1 unspecified atom stereocenters. The van der Waals surface area contributed by atoms with Gasteiger partial charge in [-0.3, -0.25) is 4.90 Å². The number of hydrogen-bond donors (Lipinski definition) is 1. The molecule has 1 aromatic carbocycles. The SMILES string of the molecule is CCN(C(C)C)C(CN)c1ccc2c(c1)OCCCO2. The zero-order valence-electron chi connectivity index (χ0n) is 12.8. The summed E-state index contributed by atoms with van der Waals surface area (Å²) in [5.74, 6) is 1.69. The van der Waals surface area contributed by atoms with Gasteiger partial charge in [-0.05, 0) is 38.1 Å². The minimum absolute atomic E-state index is 0.220. The van der Waals surface area contributed by atoms with E-state index in [1.165, 1.54) is 5.56 Å². The third kappa shape index (κ3) is 3.25. The quantitative estimate of drug-likeness (QED) is 0.899. The second-order valence-electron chi connectivity index (χ2n) is 5.43. The molecule has 0 radical (unpaired) electrons. The van der Waals surface area contributed by atoms with Crippen molar-refractivity contribution in [2.45, 2.75) is 39.3 Å². The molecule has 1 aliphatic rings. The first-order valence-electron chi connectivity index (χ1n) is 7.52. The van der Waals surface area contributed by atoms with E-state index >= 15 is 0 Å². The van der Waals surface area contributed by atoms with Gasteiger partial charge in [-0.25, -0.2) is 0 Å². The highest BCUT2D eigenvalue weighted by molar-refractivity contribution is 5.44. The lowest BCUT2D eigenvalue weighted by molar-refractivity contribution is 0.166. The van der Waals surface area contributed by atoms with Crippen LogP contribution in [-0.4, -0.2) is 37.2 Å². The normalized spacial score (nSPS) is 16.3. The third-order valence-corrected chi connectivity index (χ3v) is 3.81. The maximum absolute atomic E-state index is 6.01. The summed E-state index contributed by atoms with van der Waals surface area (Å²) >= 11 is 0. The smallest absolute Gasteiger partial charge is 0.161 e. The molecule has 1 atom stereocenters. The van der Waals surface area contributed by atoms with E-state index in [0.717, 1.165) is 31.1 Å². The molecule has 20 heavy (non-hydrogen) atoms. The van der Waals surface area contributed by atoms with Crippen molar-refractivity contribution in [3.8, 4) is 11.5 Å². The summed E-state index contributed by atoms with van der Waals surface area (Å²) in [6, 6.07) is 6.88. The van der Waals surface area contributed by atoms with Crippen LogP contribution in [0.15, 0.2) is 18.2 Å². The second-order valence-corrected chi connectivity index (χ2v) is 5.43. The summed E-state index contributed by atoms with van der Waals surface area (Å²) in [7, 11) is 0. The first-order chi connectivity index (χ1) is 9.67. The molecule has 0 amide bonds. The van der Waals surface area contributed by atoms with Gasteiger partial charge in [-0.2, -0.15) is 0 Å². The Balaban J connectivity index is 2.28. The van der Waals surface area contributed by atoms with Gasteiger partial charge in [0.1, 0.15) is 0 Å². The molecular weight excluding hydrogens is 252 g/mol. The van der Waals surface area contributed by atoms with Crippen molar-refractivity contribution in [2.75, 3.05) is 26.3 Å². The summed E-state index contributed by atoms with van der Waals surface area (Å²) < 4.78 is 11.5. The van der Waals surface area contributed by atoms with Gasteiger partial charge < -0.3 is 15.2 Å². The molecule has 112 valence electrons. The molecule has 0 aromatic heterocycles. The average Bonchev–Trinajstić information content (AvgIpc) is 2.68. The van der Waals surface area contributed by atoms with Gasteiger partial charge >= 0.3 is 0 Å². The Morgan fingerprint density at radius 1 is 1.20 bits per heavy atom. The molecule has 2 rings (SSSR count). The van der Waals surface area contributed by atoms with E-state index in [1.54, 1.807) is 0 Å². The molecule has 0 saturated heterocycles. The summed E-state index contributed by atoms with van der Waals surface area (Å²) in [6.45, 7) is 9.60. The number of rotatable bonds is 5. The van der Waals surface area contributed by atoms with Crippen LogP contribution in [-0.2, 0) is 0 Å². The van der Waals surface area contributed by atoms with Crippen molar-refractivity contribution in [2.24, 2.45) is 5.73 Å². The third-order valence-electron chi connectivity index (χ3n) is 3.81. The molecule has 1 aromatic rings. The lowest BCUT2D eigenvalue weighted by Crippen LogP contribution is -2.38. The Morgan fingerprint density at radius 2 is 1.90 bits per heavy atom. The van der Waals surface area contributed by atoms with Crippen molar-refractivity contribution in [1.82, 2.24) is 4.90 Å². The fraction of sp³-hybridized carbons (Fsp3) is 0.625. The Bertz CT molecular complexity index is 434. The van der Waals surface area contributed by atoms with E-state index in [4.69, 9.17) is 15.2 Å². The number of ether oxygens (including phenoxy) is 2. The lowest BCUT2D eigenvalue weighted by atomic mass is 10.0. The molecule has 0 fully saturated rings. The van der Waals surface area contributed by atoms with Crippen LogP contribution < -0.4 is 15.2 Å². The number of nitrogens with zero attached hydrogens (tertiary/aromatic N) is 1. The monoisotopic (exact) mass is 278 g/mol. The van der Waals surface area contributed by atoms with Crippen molar-refractivity contribution >= 4 is 0 Å². The fourth-order valence-corrected chi connectivity index (χ4v) is 2.80. The Labute approximate surface area is 121 Å². The number of benzene rings is 1. The van der Waals surface area contributed by atoms with Gasteiger partial charge in [-0.15, -0.1) is 0 Å². The minimum Gasteiger partial charge on any atom is -0.490 e. The van der Waals surface area contributed by atoms with Crippen LogP contribution >= 0.6 is 0 Å². The number of hydrogen-bond acceptors (Lipinski definition) is 4. The summed E-state index contributed by atoms with van der Waals surface area (Å²) in [5.41, 5.74) is 7.21. The Hall–Kier alpha value is -1.26. The highest BCUT2D eigenvalue weighted by Crippen LogP contribution is 2.34. The summed E-state index contributed by atoms with van der Waals surface area (Å²) in [6.07, 6.45) is 0.928.